The third kappa shape index (κ3) is 4.15. The number of rotatable bonds is 6. The van der Waals surface area contributed by atoms with Gasteiger partial charge in [-0.25, -0.2) is 0 Å². The Balaban J connectivity index is 2.13. The van der Waals surface area contributed by atoms with Crippen LogP contribution < -0.4 is 11.1 Å². The van der Waals surface area contributed by atoms with E-state index >= 15 is 0 Å². The Morgan fingerprint density at radius 2 is 2.33 bits per heavy atom. The zero-order valence-electron chi connectivity index (χ0n) is 9.16. The van der Waals surface area contributed by atoms with Crippen LogP contribution in [0.1, 0.15) is 25.7 Å². The number of carbonyl (C=O) groups excluding carboxylic acids is 1. The van der Waals surface area contributed by atoms with Crippen LogP contribution in [-0.4, -0.2) is 42.9 Å². The molecular weight excluding hydrogens is 196 g/mol. The zero-order valence-corrected chi connectivity index (χ0v) is 9.16. The first-order valence-electron chi connectivity index (χ1n) is 5.28. The van der Waals surface area contributed by atoms with Gasteiger partial charge in [-0.15, -0.1) is 0 Å². The summed E-state index contributed by atoms with van der Waals surface area (Å²) in [6, 6.07) is 0. The largest absolute Gasteiger partial charge is 0.389 e. The van der Waals surface area contributed by atoms with Gasteiger partial charge in [0.15, 0.2) is 0 Å². The van der Waals surface area contributed by atoms with Crippen LogP contribution in [0.4, 0.5) is 0 Å². The maximum absolute atomic E-state index is 11.4. The van der Waals surface area contributed by atoms with E-state index in [1.54, 1.807) is 0 Å². The number of aliphatic hydroxyl groups excluding tert-OH is 1. The molecular formula is C10H20N2O3. The summed E-state index contributed by atoms with van der Waals surface area (Å²) in [6.07, 6.45) is 2.65. The van der Waals surface area contributed by atoms with Gasteiger partial charge in [0.1, 0.15) is 0 Å². The summed E-state index contributed by atoms with van der Waals surface area (Å²) >= 11 is 0. The fourth-order valence-corrected chi connectivity index (χ4v) is 1.67. The Bertz CT molecular complexity index is 217. The van der Waals surface area contributed by atoms with Crippen LogP contribution in [0.3, 0.4) is 0 Å². The predicted octanol–water partition coefficient (Wildman–Crippen LogP) is -0.619. The van der Waals surface area contributed by atoms with E-state index in [0.29, 0.717) is 6.42 Å². The highest BCUT2D eigenvalue weighted by molar-refractivity contribution is 5.77. The SMILES string of the molecule is COCC(O)CNC(=O)CC1(N)CCC1. The smallest absolute Gasteiger partial charge is 0.221 e. The van der Waals surface area contributed by atoms with E-state index in [1.165, 1.54) is 7.11 Å². The van der Waals surface area contributed by atoms with Gasteiger partial charge in [0, 0.05) is 25.6 Å². The highest BCUT2D eigenvalue weighted by atomic mass is 16.5. The Labute approximate surface area is 90.0 Å². The maximum atomic E-state index is 11.4. The van der Waals surface area contributed by atoms with Crippen molar-refractivity contribution in [3.05, 3.63) is 0 Å². The van der Waals surface area contributed by atoms with Crippen LogP contribution >= 0.6 is 0 Å². The Hall–Kier alpha value is -0.650. The van der Waals surface area contributed by atoms with Crippen LogP contribution in [0.25, 0.3) is 0 Å². The van der Waals surface area contributed by atoms with Crippen LogP contribution in [0.2, 0.25) is 0 Å². The summed E-state index contributed by atoms with van der Waals surface area (Å²) in [5.74, 6) is -0.0904. The van der Waals surface area contributed by atoms with Gasteiger partial charge in [-0.2, -0.15) is 0 Å². The summed E-state index contributed by atoms with van der Waals surface area (Å²) in [5, 5.41) is 11.9. The summed E-state index contributed by atoms with van der Waals surface area (Å²) in [4.78, 5) is 11.4. The Morgan fingerprint density at radius 1 is 1.67 bits per heavy atom. The normalized spacial score (nSPS) is 20.5. The number of aliphatic hydroxyl groups is 1. The lowest BCUT2D eigenvalue weighted by Crippen LogP contribution is -2.50. The van der Waals surface area contributed by atoms with Crippen LogP contribution in [-0.2, 0) is 9.53 Å². The number of hydrogen-bond acceptors (Lipinski definition) is 4. The molecule has 88 valence electrons. The van der Waals surface area contributed by atoms with E-state index in [4.69, 9.17) is 10.5 Å². The molecule has 1 atom stereocenters. The van der Waals surface area contributed by atoms with Crippen molar-refractivity contribution in [1.29, 1.82) is 0 Å². The topological polar surface area (TPSA) is 84.6 Å². The lowest BCUT2D eigenvalue weighted by atomic mass is 9.75. The number of nitrogens with one attached hydrogen (secondary N) is 1. The molecule has 1 amide bonds. The standard InChI is InChI=1S/C10H20N2O3/c1-15-7-8(13)6-12-9(14)5-10(11)3-2-4-10/h8,13H,2-7,11H2,1H3,(H,12,14). The third-order valence-corrected chi connectivity index (χ3v) is 2.76. The number of ether oxygens (including phenoxy) is 1. The van der Waals surface area contributed by atoms with Crippen molar-refractivity contribution >= 4 is 5.91 Å². The van der Waals surface area contributed by atoms with Gasteiger partial charge in [-0.1, -0.05) is 0 Å². The van der Waals surface area contributed by atoms with E-state index in [-0.39, 0.29) is 24.6 Å². The van der Waals surface area contributed by atoms with Gasteiger partial charge in [0.2, 0.25) is 5.91 Å². The highest BCUT2D eigenvalue weighted by Crippen LogP contribution is 2.31. The van der Waals surface area contributed by atoms with Gasteiger partial charge in [0.25, 0.3) is 0 Å². The fourth-order valence-electron chi connectivity index (χ4n) is 1.67. The minimum Gasteiger partial charge on any atom is -0.389 e. The second kappa shape index (κ2) is 5.44. The molecule has 0 radical (unpaired) electrons. The van der Waals surface area contributed by atoms with Crippen molar-refractivity contribution in [3.8, 4) is 0 Å². The molecule has 0 heterocycles. The minimum absolute atomic E-state index is 0.0904. The first-order chi connectivity index (χ1) is 7.06. The van der Waals surface area contributed by atoms with Crippen molar-refractivity contribution < 1.29 is 14.6 Å². The average molecular weight is 216 g/mol. The molecule has 0 aromatic rings. The monoisotopic (exact) mass is 216 g/mol. The summed E-state index contributed by atoms with van der Waals surface area (Å²) < 4.78 is 4.74. The van der Waals surface area contributed by atoms with E-state index in [9.17, 15) is 9.90 Å². The Morgan fingerprint density at radius 3 is 2.80 bits per heavy atom. The molecule has 1 unspecified atom stereocenters. The first-order valence-corrected chi connectivity index (χ1v) is 5.28. The molecule has 1 fully saturated rings. The number of hydrogen-bond donors (Lipinski definition) is 3. The second-order valence-corrected chi connectivity index (χ2v) is 4.31. The lowest BCUT2D eigenvalue weighted by Gasteiger charge is -2.37. The molecule has 0 aromatic carbocycles. The first kappa shape index (κ1) is 12.4. The molecule has 0 aliphatic heterocycles. The number of methoxy groups -OCH3 is 1. The molecule has 4 N–H and O–H groups in total. The molecule has 0 saturated heterocycles. The minimum atomic E-state index is -0.644. The van der Waals surface area contributed by atoms with Crippen LogP contribution in [0.15, 0.2) is 0 Å². The number of amides is 1. The van der Waals surface area contributed by atoms with Crippen LogP contribution in [0, 0.1) is 0 Å². The lowest BCUT2D eigenvalue weighted by molar-refractivity contribution is -0.123. The van der Waals surface area contributed by atoms with Gasteiger partial charge in [-0.05, 0) is 19.3 Å². The van der Waals surface area contributed by atoms with Crippen molar-refractivity contribution in [3.63, 3.8) is 0 Å². The quantitative estimate of drug-likeness (QED) is 0.552. The summed E-state index contributed by atoms with van der Waals surface area (Å²) in [5.41, 5.74) is 5.63. The van der Waals surface area contributed by atoms with Crippen molar-refractivity contribution in [2.24, 2.45) is 5.73 Å². The van der Waals surface area contributed by atoms with Crippen molar-refractivity contribution in [2.75, 3.05) is 20.3 Å². The average Bonchev–Trinajstić information content (AvgIpc) is 2.13. The molecule has 1 aliphatic rings. The molecule has 0 spiro atoms. The van der Waals surface area contributed by atoms with E-state index in [2.05, 4.69) is 5.32 Å². The molecule has 0 bridgehead atoms. The van der Waals surface area contributed by atoms with E-state index in [1.807, 2.05) is 0 Å². The van der Waals surface area contributed by atoms with Gasteiger partial charge in [0.05, 0.1) is 12.7 Å². The van der Waals surface area contributed by atoms with E-state index in [0.717, 1.165) is 19.3 Å². The summed E-state index contributed by atoms with van der Waals surface area (Å²) in [7, 11) is 1.51. The van der Waals surface area contributed by atoms with Gasteiger partial charge in [-0.3, -0.25) is 4.79 Å². The molecule has 1 rings (SSSR count). The highest BCUT2D eigenvalue weighted by Gasteiger charge is 2.34. The van der Waals surface area contributed by atoms with Crippen molar-refractivity contribution in [1.82, 2.24) is 5.32 Å². The van der Waals surface area contributed by atoms with Crippen molar-refractivity contribution in [2.45, 2.75) is 37.3 Å². The molecule has 1 aliphatic carbocycles. The molecule has 5 nitrogen and oxygen atoms in total. The molecule has 1 saturated carbocycles. The predicted molar refractivity (Wildman–Crippen MR) is 56.3 cm³/mol. The summed E-state index contributed by atoms with van der Waals surface area (Å²) in [6.45, 7) is 0.455. The van der Waals surface area contributed by atoms with Crippen LogP contribution in [0.5, 0.6) is 0 Å². The van der Waals surface area contributed by atoms with Gasteiger partial charge >= 0.3 is 0 Å². The second-order valence-electron chi connectivity index (χ2n) is 4.31. The molecule has 5 heteroatoms. The molecule has 15 heavy (non-hydrogen) atoms. The number of carbonyl (C=O) groups is 1. The van der Waals surface area contributed by atoms with Gasteiger partial charge < -0.3 is 20.9 Å². The molecule has 0 aromatic heterocycles. The van der Waals surface area contributed by atoms with E-state index < -0.39 is 6.10 Å². The maximum Gasteiger partial charge on any atom is 0.221 e. The Kier molecular flexibility index (Phi) is 4.50. The third-order valence-electron chi connectivity index (χ3n) is 2.76. The number of nitrogens with two attached hydrogens (primary N) is 1. The fraction of sp³-hybridized carbons (Fsp3) is 0.900. The zero-order chi connectivity index (χ0) is 11.3.